The lowest BCUT2D eigenvalue weighted by Crippen LogP contribution is -2.06. The standard InChI is InChI=1S/C15H11IO4/c1-8-6-10(7-12(13(8)17)15(19)20)14(18)9-2-4-11(16)5-3-9/h2-7,17H,1H3,(H,19,20). The number of benzene rings is 2. The summed E-state index contributed by atoms with van der Waals surface area (Å²) in [6.07, 6.45) is 0. The topological polar surface area (TPSA) is 74.6 Å². The Morgan fingerprint density at radius 1 is 1.05 bits per heavy atom. The number of carbonyl (C=O) groups excluding carboxylic acids is 1. The lowest BCUT2D eigenvalue weighted by atomic mass is 9.98. The fourth-order valence-corrected chi connectivity index (χ4v) is 2.20. The molecule has 0 radical (unpaired) electrons. The van der Waals surface area contributed by atoms with Crippen molar-refractivity contribution < 1.29 is 19.8 Å². The number of carbonyl (C=O) groups is 2. The molecule has 0 aliphatic heterocycles. The highest BCUT2D eigenvalue weighted by molar-refractivity contribution is 14.1. The van der Waals surface area contributed by atoms with Crippen LogP contribution >= 0.6 is 22.6 Å². The molecule has 4 nitrogen and oxygen atoms in total. The SMILES string of the molecule is Cc1cc(C(=O)c2ccc(I)cc2)cc(C(=O)O)c1O. The Morgan fingerprint density at radius 2 is 1.65 bits per heavy atom. The molecule has 0 amide bonds. The number of hydrogen-bond donors (Lipinski definition) is 2. The molecule has 0 saturated heterocycles. The molecule has 2 aromatic rings. The minimum absolute atomic E-state index is 0.249. The van der Waals surface area contributed by atoms with E-state index in [1.807, 2.05) is 0 Å². The van der Waals surface area contributed by atoms with Crippen LogP contribution in [0.4, 0.5) is 0 Å². The molecule has 0 spiro atoms. The van der Waals surface area contributed by atoms with E-state index in [4.69, 9.17) is 5.11 Å². The summed E-state index contributed by atoms with van der Waals surface area (Å²) in [6.45, 7) is 1.56. The third-order valence-corrected chi connectivity index (χ3v) is 3.62. The Morgan fingerprint density at radius 3 is 2.20 bits per heavy atom. The van der Waals surface area contributed by atoms with Crippen molar-refractivity contribution in [1.82, 2.24) is 0 Å². The molecule has 0 saturated carbocycles. The molecule has 20 heavy (non-hydrogen) atoms. The van der Waals surface area contributed by atoms with Gasteiger partial charge in [0.2, 0.25) is 0 Å². The number of aryl methyl sites for hydroxylation is 1. The summed E-state index contributed by atoms with van der Waals surface area (Å²) in [6, 6.07) is 9.67. The van der Waals surface area contributed by atoms with Crippen LogP contribution in [0.15, 0.2) is 36.4 Å². The third kappa shape index (κ3) is 2.82. The molecule has 102 valence electrons. The van der Waals surface area contributed by atoms with Crippen LogP contribution in [0, 0.1) is 10.5 Å². The van der Waals surface area contributed by atoms with Crippen molar-refractivity contribution in [3.05, 3.63) is 62.2 Å². The highest BCUT2D eigenvalue weighted by Crippen LogP contribution is 2.25. The first-order valence-electron chi connectivity index (χ1n) is 5.77. The summed E-state index contributed by atoms with van der Waals surface area (Å²) < 4.78 is 1.01. The lowest BCUT2D eigenvalue weighted by Gasteiger charge is -2.07. The zero-order valence-corrected chi connectivity index (χ0v) is 12.7. The molecule has 0 aromatic heterocycles. The largest absolute Gasteiger partial charge is 0.507 e. The van der Waals surface area contributed by atoms with Crippen molar-refractivity contribution in [2.24, 2.45) is 0 Å². The smallest absolute Gasteiger partial charge is 0.339 e. The normalized spacial score (nSPS) is 10.3. The van der Waals surface area contributed by atoms with Crippen LogP contribution < -0.4 is 0 Å². The second-order valence-electron chi connectivity index (χ2n) is 4.33. The van der Waals surface area contributed by atoms with Gasteiger partial charge < -0.3 is 10.2 Å². The maximum atomic E-state index is 12.3. The van der Waals surface area contributed by atoms with E-state index in [9.17, 15) is 14.7 Å². The van der Waals surface area contributed by atoms with Crippen molar-refractivity contribution in [2.45, 2.75) is 6.92 Å². The van der Waals surface area contributed by atoms with Crippen molar-refractivity contribution in [1.29, 1.82) is 0 Å². The van der Waals surface area contributed by atoms with Crippen LogP contribution in [0.5, 0.6) is 5.75 Å². The Kier molecular flexibility index (Phi) is 4.08. The van der Waals surface area contributed by atoms with Gasteiger partial charge >= 0.3 is 5.97 Å². The third-order valence-electron chi connectivity index (χ3n) is 2.90. The van der Waals surface area contributed by atoms with Gasteiger partial charge in [0, 0.05) is 14.7 Å². The number of rotatable bonds is 3. The maximum Gasteiger partial charge on any atom is 0.339 e. The molecule has 0 aliphatic rings. The number of hydrogen-bond acceptors (Lipinski definition) is 3. The molecule has 0 heterocycles. The van der Waals surface area contributed by atoms with E-state index >= 15 is 0 Å². The van der Waals surface area contributed by atoms with Crippen LogP contribution in [-0.2, 0) is 0 Å². The highest BCUT2D eigenvalue weighted by atomic mass is 127. The fraction of sp³-hybridized carbons (Fsp3) is 0.0667. The van der Waals surface area contributed by atoms with Gasteiger partial charge in [-0.05, 0) is 71.5 Å². The zero-order chi connectivity index (χ0) is 14.9. The van der Waals surface area contributed by atoms with Gasteiger partial charge in [-0.2, -0.15) is 0 Å². The Hall–Kier alpha value is -1.89. The summed E-state index contributed by atoms with van der Waals surface area (Å²) in [5, 5.41) is 18.7. The van der Waals surface area contributed by atoms with Gasteiger partial charge in [-0.1, -0.05) is 0 Å². The quantitative estimate of drug-likeness (QED) is 0.632. The number of phenols is 1. The van der Waals surface area contributed by atoms with Gasteiger partial charge in [-0.3, -0.25) is 4.79 Å². The van der Waals surface area contributed by atoms with Gasteiger partial charge in [0.1, 0.15) is 11.3 Å². The van der Waals surface area contributed by atoms with Crippen molar-refractivity contribution in [3.63, 3.8) is 0 Å². The molecule has 0 unspecified atom stereocenters. The van der Waals surface area contributed by atoms with Crippen molar-refractivity contribution in [2.75, 3.05) is 0 Å². The van der Waals surface area contributed by atoms with Gasteiger partial charge in [0.25, 0.3) is 0 Å². The first-order chi connectivity index (χ1) is 9.40. The van der Waals surface area contributed by atoms with Gasteiger partial charge in [-0.25, -0.2) is 4.79 Å². The summed E-state index contributed by atoms with van der Waals surface area (Å²) in [7, 11) is 0. The average molecular weight is 382 g/mol. The second-order valence-corrected chi connectivity index (χ2v) is 5.58. The molecule has 0 fully saturated rings. The first kappa shape index (κ1) is 14.5. The highest BCUT2D eigenvalue weighted by Gasteiger charge is 2.17. The lowest BCUT2D eigenvalue weighted by molar-refractivity contribution is 0.0693. The summed E-state index contributed by atoms with van der Waals surface area (Å²) in [5.41, 5.74) is 0.823. The Labute approximate surface area is 129 Å². The molecule has 2 rings (SSSR count). The van der Waals surface area contributed by atoms with Crippen molar-refractivity contribution >= 4 is 34.3 Å². The van der Waals surface area contributed by atoms with Crippen LogP contribution in [0.2, 0.25) is 0 Å². The number of halogens is 1. The first-order valence-corrected chi connectivity index (χ1v) is 6.85. The van der Waals surface area contributed by atoms with Crippen LogP contribution in [-0.4, -0.2) is 22.0 Å². The van der Waals surface area contributed by atoms with Gasteiger partial charge in [0.15, 0.2) is 5.78 Å². The molecule has 2 aromatic carbocycles. The van der Waals surface area contributed by atoms with Gasteiger partial charge in [0.05, 0.1) is 0 Å². The molecule has 5 heteroatoms. The average Bonchev–Trinajstić information content (AvgIpc) is 2.41. The van der Waals surface area contributed by atoms with Crippen LogP contribution in [0.25, 0.3) is 0 Å². The zero-order valence-electron chi connectivity index (χ0n) is 10.6. The predicted molar refractivity (Wildman–Crippen MR) is 82.4 cm³/mol. The molecular formula is C15H11IO4. The monoisotopic (exact) mass is 382 g/mol. The Balaban J connectivity index is 2.50. The van der Waals surface area contributed by atoms with E-state index in [1.54, 1.807) is 31.2 Å². The van der Waals surface area contributed by atoms with Crippen LogP contribution in [0.3, 0.4) is 0 Å². The predicted octanol–water partition coefficient (Wildman–Crippen LogP) is 3.23. The number of aromatic carboxylic acids is 1. The fourth-order valence-electron chi connectivity index (χ4n) is 1.84. The minimum Gasteiger partial charge on any atom is -0.507 e. The molecule has 0 bridgehead atoms. The van der Waals surface area contributed by atoms with E-state index < -0.39 is 5.97 Å². The minimum atomic E-state index is -1.26. The van der Waals surface area contributed by atoms with Gasteiger partial charge in [-0.15, -0.1) is 0 Å². The molecule has 2 N–H and O–H groups in total. The summed E-state index contributed by atoms with van der Waals surface area (Å²) in [5.74, 6) is -1.84. The van der Waals surface area contributed by atoms with E-state index in [0.29, 0.717) is 11.1 Å². The Bertz CT molecular complexity index is 690. The van der Waals surface area contributed by atoms with Crippen molar-refractivity contribution in [3.8, 4) is 5.75 Å². The molecular weight excluding hydrogens is 371 g/mol. The number of aromatic hydroxyl groups is 1. The summed E-state index contributed by atoms with van der Waals surface area (Å²) >= 11 is 2.14. The van der Waals surface area contributed by atoms with Crippen LogP contribution in [0.1, 0.15) is 31.8 Å². The molecule has 0 atom stereocenters. The van der Waals surface area contributed by atoms with E-state index in [-0.39, 0.29) is 22.7 Å². The van der Waals surface area contributed by atoms with E-state index in [2.05, 4.69) is 22.6 Å². The molecule has 0 aliphatic carbocycles. The summed E-state index contributed by atoms with van der Waals surface area (Å²) in [4.78, 5) is 23.4. The number of carboxylic acids is 1. The van der Waals surface area contributed by atoms with E-state index in [1.165, 1.54) is 12.1 Å². The maximum absolute atomic E-state index is 12.3. The number of carboxylic acid groups (broad SMARTS) is 1. The number of ketones is 1. The second kappa shape index (κ2) is 5.62. The van der Waals surface area contributed by atoms with E-state index in [0.717, 1.165) is 3.57 Å².